The number of hydrogen-bond donors (Lipinski definition) is 0. The van der Waals surface area contributed by atoms with Crippen molar-refractivity contribution in [3.05, 3.63) is 58.4 Å². The first-order valence-electron chi connectivity index (χ1n) is 7.68. The Bertz CT molecular complexity index is 834. The molecule has 5 nitrogen and oxygen atoms in total. The van der Waals surface area contributed by atoms with Gasteiger partial charge < -0.3 is 9.26 Å². The van der Waals surface area contributed by atoms with Crippen molar-refractivity contribution >= 4 is 17.3 Å². The van der Waals surface area contributed by atoms with Crippen LogP contribution in [0.5, 0.6) is 0 Å². The molecule has 0 fully saturated rings. The van der Waals surface area contributed by atoms with Crippen LogP contribution in [0.1, 0.15) is 47.3 Å². The standard InChI is InChI=1S/C18H18N2O3S/c1-11(2)13-4-6-14(7-5-13)17-19-15(10-24-17)9-22-18(21)16-8-12(3)20-23-16/h4-8,10-11H,9H2,1-3H3. The number of aryl methyl sites for hydroxylation is 1. The maximum absolute atomic E-state index is 11.8. The fourth-order valence-corrected chi connectivity index (χ4v) is 3.00. The number of thiazole rings is 1. The Kier molecular flexibility index (Phi) is 4.76. The molecule has 0 spiro atoms. The monoisotopic (exact) mass is 342 g/mol. The van der Waals surface area contributed by atoms with Crippen molar-refractivity contribution in [3.63, 3.8) is 0 Å². The second-order valence-corrected chi connectivity index (χ2v) is 6.69. The highest BCUT2D eigenvalue weighted by Gasteiger charge is 2.14. The molecule has 0 unspecified atom stereocenters. The van der Waals surface area contributed by atoms with Crippen LogP contribution in [-0.2, 0) is 11.3 Å². The van der Waals surface area contributed by atoms with Crippen LogP contribution in [0, 0.1) is 6.92 Å². The van der Waals surface area contributed by atoms with E-state index in [1.54, 1.807) is 13.0 Å². The van der Waals surface area contributed by atoms with Gasteiger partial charge in [-0.1, -0.05) is 43.3 Å². The zero-order valence-electron chi connectivity index (χ0n) is 13.8. The molecule has 0 aliphatic carbocycles. The lowest BCUT2D eigenvalue weighted by Crippen LogP contribution is -2.04. The average molecular weight is 342 g/mol. The number of nitrogens with zero attached hydrogens (tertiary/aromatic N) is 2. The summed E-state index contributed by atoms with van der Waals surface area (Å²) in [5.74, 6) is 0.0729. The third-order valence-corrected chi connectivity index (χ3v) is 4.50. The summed E-state index contributed by atoms with van der Waals surface area (Å²) in [7, 11) is 0. The van der Waals surface area contributed by atoms with Crippen LogP contribution in [0.3, 0.4) is 0 Å². The van der Waals surface area contributed by atoms with Gasteiger partial charge in [0.2, 0.25) is 5.76 Å². The molecule has 0 amide bonds. The van der Waals surface area contributed by atoms with E-state index < -0.39 is 5.97 Å². The summed E-state index contributed by atoms with van der Waals surface area (Å²) in [6, 6.07) is 9.92. The number of aromatic nitrogens is 2. The molecule has 0 aliphatic heterocycles. The molecule has 0 N–H and O–H groups in total. The van der Waals surface area contributed by atoms with Crippen molar-refractivity contribution in [2.45, 2.75) is 33.3 Å². The minimum absolute atomic E-state index is 0.104. The third-order valence-electron chi connectivity index (χ3n) is 3.56. The first-order valence-corrected chi connectivity index (χ1v) is 8.56. The summed E-state index contributed by atoms with van der Waals surface area (Å²) in [4.78, 5) is 16.3. The Morgan fingerprint density at radius 3 is 2.67 bits per heavy atom. The van der Waals surface area contributed by atoms with Gasteiger partial charge in [-0.3, -0.25) is 0 Å². The number of esters is 1. The number of hydrogen-bond acceptors (Lipinski definition) is 6. The highest BCUT2D eigenvalue weighted by Crippen LogP contribution is 2.26. The minimum Gasteiger partial charge on any atom is -0.453 e. The van der Waals surface area contributed by atoms with Crippen molar-refractivity contribution in [3.8, 4) is 10.6 Å². The molecule has 0 atom stereocenters. The second kappa shape index (κ2) is 6.97. The van der Waals surface area contributed by atoms with Gasteiger partial charge in [-0.05, 0) is 18.4 Å². The van der Waals surface area contributed by atoms with Crippen LogP contribution in [0.2, 0.25) is 0 Å². The maximum atomic E-state index is 11.8. The first-order chi connectivity index (χ1) is 11.5. The van der Waals surface area contributed by atoms with Gasteiger partial charge in [-0.15, -0.1) is 11.3 Å². The Labute approximate surface area is 144 Å². The molecule has 6 heteroatoms. The van der Waals surface area contributed by atoms with E-state index in [0.717, 1.165) is 10.6 Å². The molecule has 0 saturated carbocycles. The third kappa shape index (κ3) is 3.71. The van der Waals surface area contributed by atoms with Gasteiger partial charge in [0.05, 0.1) is 11.4 Å². The molecule has 0 bridgehead atoms. The molecule has 1 aromatic carbocycles. The fourth-order valence-electron chi connectivity index (χ4n) is 2.19. The zero-order valence-corrected chi connectivity index (χ0v) is 14.6. The van der Waals surface area contributed by atoms with Gasteiger partial charge in [0.15, 0.2) is 0 Å². The van der Waals surface area contributed by atoms with Crippen molar-refractivity contribution in [1.82, 2.24) is 10.1 Å². The Morgan fingerprint density at radius 1 is 1.29 bits per heavy atom. The van der Waals surface area contributed by atoms with E-state index in [-0.39, 0.29) is 12.4 Å². The molecule has 2 aromatic heterocycles. The predicted octanol–water partition coefficient (Wildman–Crippen LogP) is 4.59. The van der Waals surface area contributed by atoms with Gasteiger partial charge in [0.25, 0.3) is 0 Å². The summed E-state index contributed by atoms with van der Waals surface area (Å²) < 4.78 is 10.1. The van der Waals surface area contributed by atoms with Crippen LogP contribution in [0.4, 0.5) is 0 Å². The van der Waals surface area contributed by atoms with Crippen LogP contribution in [-0.4, -0.2) is 16.1 Å². The van der Waals surface area contributed by atoms with E-state index in [0.29, 0.717) is 17.3 Å². The largest absolute Gasteiger partial charge is 0.453 e. The van der Waals surface area contributed by atoms with E-state index in [2.05, 4.69) is 48.3 Å². The molecule has 3 aromatic rings. The smallest absolute Gasteiger partial charge is 0.377 e. The number of carbonyl (C=O) groups is 1. The normalized spacial score (nSPS) is 11.0. The van der Waals surface area contributed by atoms with Gasteiger partial charge in [0.1, 0.15) is 11.6 Å². The molecule has 3 rings (SSSR count). The second-order valence-electron chi connectivity index (χ2n) is 5.83. The molecular weight excluding hydrogens is 324 g/mol. The highest BCUT2D eigenvalue weighted by molar-refractivity contribution is 7.13. The lowest BCUT2D eigenvalue weighted by atomic mass is 10.0. The summed E-state index contributed by atoms with van der Waals surface area (Å²) in [6.45, 7) is 6.19. The molecule has 24 heavy (non-hydrogen) atoms. The van der Waals surface area contributed by atoms with Crippen LogP contribution >= 0.6 is 11.3 Å². The molecule has 0 saturated heterocycles. The zero-order chi connectivity index (χ0) is 17.1. The predicted molar refractivity (Wildman–Crippen MR) is 92.0 cm³/mol. The minimum atomic E-state index is -0.536. The van der Waals surface area contributed by atoms with Crippen molar-refractivity contribution < 1.29 is 14.1 Å². The van der Waals surface area contributed by atoms with Crippen molar-refractivity contribution in [2.24, 2.45) is 0 Å². The Morgan fingerprint density at radius 2 is 2.04 bits per heavy atom. The van der Waals surface area contributed by atoms with Crippen molar-refractivity contribution in [2.75, 3.05) is 0 Å². The van der Waals surface area contributed by atoms with Gasteiger partial charge in [0, 0.05) is 17.0 Å². The lowest BCUT2D eigenvalue weighted by Gasteiger charge is -2.05. The van der Waals surface area contributed by atoms with Crippen LogP contribution in [0.25, 0.3) is 10.6 Å². The fraction of sp³-hybridized carbons (Fsp3) is 0.278. The maximum Gasteiger partial charge on any atom is 0.377 e. The average Bonchev–Trinajstić information content (AvgIpc) is 3.22. The topological polar surface area (TPSA) is 65.2 Å². The Balaban J connectivity index is 1.64. The van der Waals surface area contributed by atoms with Crippen LogP contribution < -0.4 is 0 Å². The van der Waals surface area contributed by atoms with E-state index in [4.69, 9.17) is 9.26 Å². The summed E-state index contributed by atoms with van der Waals surface area (Å²) in [6.07, 6.45) is 0. The van der Waals surface area contributed by atoms with E-state index >= 15 is 0 Å². The number of rotatable bonds is 5. The summed E-state index contributed by atoms with van der Waals surface area (Å²) >= 11 is 1.53. The molecular formula is C18H18N2O3S. The molecule has 2 heterocycles. The van der Waals surface area contributed by atoms with Gasteiger partial charge >= 0.3 is 5.97 Å². The summed E-state index contributed by atoms with van der Waals surface area (Å²) in [5.41, 5.74) is 3.72. The molecule has 0 aliphatic rings. The van der Waals surface area contributed by atoms with E-state index in [1.165, 1.54) is 16.9 Å². The Hall–Kier alpha value is -2.47. The summed E-state index contributed by atoms with van der Waals surface area (Å²) in [5, 5.41) is 6.47. The number of ether oxygens (including phenoxy) is 1. The quantitative estimate of drug-likeness (QED) is 0.635. The van der Waals surface area contributed by atoms with E-state index in [9.17, 15) is 4.79 Å². The van der Waals surface area contributed by atoms with Crippen LogP contribution in [0.15, 0.2) is 40.2 Å². The number of carbonyl (C=O) groups excluding carboxylic acids is 1. The lowest BCUT2D eigenvalue weighted by molar-refractivity contribution is 0.0421. The first kappa shape index (κ1) is 16.4. The van der Waals surface area contributed by atoms with Crippen molar-refractivity contribution in [1.29, 1.82) is 0 Å². The van der Waals surface area contributed by atoms with Gasteiger partial charge in [-0.2, -0.15) is 0 Å². The molecule has 124 valence electrons. The number of benzene rings is 1. The van der Waals surface area contributed by atoms with Gasteiger partial charge in [-0.25, -0.2) is 9.78 Å². The molecule has 0 radical (unpaired) electrons. The van der Waals surface area contributed by atoms with E-state index in [1.807, 2.05) is 5.38 Å². The highest BCUT2D eigenvalue weighted by atomic mass is 32.1. The SMILES string of the molecule is Cc1cc(C(=O)OCc2csc(-c3ccc(C(C)C)cc3)n2)on1.